The van der Waals surface area contributed by atoms with E-state index in [1.54, 1.807) is 39.0 Å². The molecule has 4 atom stereocenters. The van der Waals surface area contributed by atoms with Gasteiger partial charge in [-0.1, -0.05) is 26.0 Å². The molecule has 1 heterocycles. The van der Waals surface area contributed by atoms with E-state index in [0.29, 0.717) is 19.5 Å². The number of para-hydroxylation sites is 1. The van der Waals surface area contributed by atoms with Gasteiger partial charge in [0.2, 0.25) is 29.5 Å². The Kier molecular flexibility index (Phi) is 13.2. The van der Waals surface area contributed by atoms with Gasteiger partial charge >= 0.3 is 0 Å². The van der Waals surface area contributed by atoms with E-state index in [1.165, 1.54) is 6.07 Å². The fraction of sp³-hybridized carbons (Fsp3) is 0.571. The van der Waals surface area contributed by atoms with Crippen molar-refractivity contribution in [2.75, 3.05) is 33.8 Å². The molecule has 1 aromatic carbocycles. The topological polar surface area (TPSA) is 201 Å². The second-order valence-electron chi connectivity index (χ2n) is 10.9. The van der Waals surface area contributed by atoms with Crippen LogP contribution in [0, 0.1) is 5.92 Å². The highest BCUT2D eigenvalue weighted by molar-refractivity contribution is 6.01. The Balaban J connectivity index is 2.43. The summed E-state index contributed by atoms with van der Waals surface area (Å²) in [5.41, 5.74) is 5.45. The lowest BCUT2D eigenvalue weighted by molar-refractivity contribution is -0.135. The number of ether oxygens (including phenoxy) is 1. The van der Waals surface area contributed by atoms with Crippen molar-refractivity contribution in [3.8, 4) is 5.75 Å². The molecule has 6 amide bonds. The fourth-order valence-corrected chi connectivity index (χ4v) is 4.18. The minimum Gasteiger partial charge on any atom is -0.491 e. The Morgan fingerprint density at radius 2 is 1.74 bits per heavy atom. The normalized spacial score (nSPS) is 22.5. The van der Waals surface area contributed by atoms with E-state index in [1.807, 2.05) is 19.0 Å². The highest BCUT2D eigenvalue weighted by Crippen LogP contribution is 2.19. The minimum absolute atomic E-state index is 0.00503. The molecule has 14 heteroatoms. The first-order valence-corrected chi connectivity index (χ1v) is 13.9. The number of carbonyl (C=O) groups excluding carboxylic acids is 6. The molecule has 0 unspecified atom stereocenters. The van der Waals surface area contributed by atoms with Gasteiger partial charge in [-0.25, -0.2) is 0 Å². The Morgan fingerprint density at radius 3 is 2.38 bits per heavy atom. The van der Waals surface area contributed by atoms with Crippen LogP contribution in [0.1, 0.15) is 50.4 Å². The maximum Gasteiger partial charge on any atom is 0.255 e. The number of hydrogen-bond acceptors (Lipinski definition) is 8. The summed E-state index contributed by atoms with van der Waals surface area (Å²) in [6.45, 7) is 6.15. The van der Waals surface area contributed by atoms with Gasteiger partial charge in [0.1, 0.15) is 30.5 Å². The van der Waals surface area contributed by atoms with Crippen LogP contribution in [0.4, 0.5) is 0 Å². The van der Waals surface area contributed by atoms with Crippen LogP contribution >= 0.6 is 0 Å². The summed E-state index contributed by atoms with van der Waals surface area (Å²) in [4.78, 5) is 79.4. The van der Waals surface area contributed by atoms with Gasteiger partial charge in [-0.05, 0) is 52.0 Å². The SMILES string of the molecule is CC(C)[C@H]1NC(=O)[C@H](CC(N)=O)NC(=O)C[C@@H](C(=O)NCCCN(C)C)NC(=O)c2ccccc2OC[C@H](C)NC1=O. The number of nitrogens with one attached hydrogen (secondary N) is 5. The fourth-order valence-electron chi connectivity index (χ4n) is 4.18. The van der Waals surface area contributed by atoms with Crippen LogP contribution in [0.15, 0.2) is 24.3 Å². The van der Waals surface area contributed by atoms with E-state index < -0.39 is 72.5 Å². The number of carbonyl (C=O) groups is 6. The number of rotatable bonds is 8. The molecule has 0 saturated carbocycles. The van der Waals surface area contributed by atoms with Gasteiger partial charge in [0, 0.05) is 6.54 Å². The Morgan fingerprint density at radius 1 is 1.05 bits per heavy atom. The van der Waals surface area contributed by atoms with Crippen molar-refractivity contribution < 1.29 is 33.5 Å². The van der Waals surface area contributed by atoms with Crippen molar-refractivity contribution in [1.82, 2.24) is 31.5 Å². The molecule has 232 valence electrons. The van der Waals surface area contributed by atoms with Gasteiger partial charge < -0.3 is 42.0 Å². The molecule has 1 aliphatic heterocycles. The first kappa shape index (κ1) is 34.0. The van der Waals surface area contributed by atoms with Crippen molar-refractivity contribution in [2.45, 2.75) is 64.2 Å². The number of fused-ring (bicyclic) bond motifs is 1. The summed E-state index contributed by atoms with van der Waals surface area (Å²) in [5.74, 6) is -4.37. The smallest absolute Gasteiger partial charge is 0.255 e. The average Bonchev–Trinajstić information content (AvgIpc) is 2.90. The molecule has 42 heavy (non-hydrogen) atoms. The molecule has 1 aliphatic rings. The van der Waals surface area contributed by atoms with Gasteiger partial charge in [-0.2, -0.15) is 0 Å². The molecule has 0 bridgehead atoms. The third kappa shape index (κ3) is 11.0. The van der Waals surface area contributed by atoms with Crippen LogP contribution in [0.25, 0.3) is 0 Å². The molecule has 0 radical (unpaired) electrons. The van der Waals surface area contributed by atoms with Gasteiger partial charge in [0.15, 0.2) is 0 Å². The number of nitrogens with two attached hydrogens (primary N) is 1. The molecule has 7 N–H and O–H groups in total. The summed E-state index contributed by atoms with van der Waals surface area (Å²) in [6.07, 6.45) is -0.456. The highest BCUT2D eigenvalue weighted by Gasteiger charge is 2.32. The van der Waals surface area contributed by atoms with Crippen molar-refractivity contribution >= 4 is 35.4 Å². The van der Waals surface area contributed by atoms with Gasteiger partial charge in [-0.15, -0.1) is 0 Å². The molecule has 2 rings (SSSR count). The third-order valence-electron chi connectivity index (χ3n) is 6.41. The average molecular weight is 590 g/mol. The summed E-state index contributed by atoms with van der Waals surface area (Å²) in [6, 6.07) is 2.12. The van der Waals surface area contributed by atoms with Crippen molar-refractivity contribution in [3.63, 3.8) is 0 Å². The summed E-state index contributed by atoms with van der Waals surface area (Å²) >= 11 is 0. The second kappa shape index (κ2) is 16.3. The Bertz CT molecular complexity index is 1140. The molecule has 0 saturated heterocycles. The molecule has 0 spiro atoms. The predicted octanol–water partition coefficient (Wildman–Crippen LogP) is -1.36. The molecule has 0 fully saturated rings. The van der Waals surface area contributed by atoms with E-state index in [9.17, 15) is 28.8 Å². The van der Waals surface area contributed by atoms with Crippen molar-refractivity contribution in [2.24, 2.45) is 11.7 Å². The standard InChI is InChI=1S/C28H43N7O7/c1-16(2)24-28(41)31-17(3)15-42-21-10-7-6-9-18(21)25(38)33-20(26(39)30-11-8-12-35(4)5)14-23(37)32-19(13-22(29)36)27(40)34-24/h6-7,9-10,16-17,19-20,24H,8,11-15H2,1-5H3,(H2,29,36)(H,30,39)(H,31,41)(H,32,37)(H,33,38)(H,34,40)/t17-,19-,20-,24+/m0/s1. The lowest BCUT2D eigenvalue weighted by Crippen LogP contribution is -2.58. The van der Waals surface area contributed by atoms with Gasteiger partial charge in [0.05, 0.1) is 24.4 Å². The van der Waals surface area contributed by atoms with E-state index in [0.717, 1.165) is 0 Å². The highest BCUT2D eigenvalue weighted by atomic mass is 16.5. The van der Waals surface area contributed by atoms with Crippen molar-refractivity contribution in [1.29, 1.82) is 0 Å². The van der Waals surface area contributed by atoms with Gasteiger partial charge in [-0.3, -0.25) is 28.8 Å². The first-order valence-electron chi connectivity index (χ1n) is 13.9. The zero-order chi connectivity index (χ0) is 31.4. The molecular weight excluding hydrogens is 546 g/mol. The van der Waals surface area contributed by atoms with Crippen LogP contribution in [0.3, 0.4) is 0 Å². The predicted molar refractivity (Wildman–Crippen MR) is 154 cm³/mol. The van der Waals surface area contributed by atoms with Crippen LogP contribution in [-0.4, -0.2) is 98.3 Å². The maximum atomic E-state index is 13.3. The maximum absolute atomic E-state index is 13.3. The number of hydrogen-bond donors (Lipinski definition) is 6. The summed E-state index contributed by atoms with van der Waals surface area (Å²) < 4.78 is 5.84. The summed E-state index contributed by atoms with van der Waals surface area (Å²) in [5, 5.41) is 13.1. The molecule has 14 nitrogen and oxygen atoms in total. The largest absolute Gasteiger partial charge is 0.491 e. The van der Waals surface area contributed by atoms with Crippen LogP contribution in [0.2, 0.25) is 0 Å². The molecule has 0 aliphatic carbocycles. The lowest BCUT2D eigenvalue weighted by atomic mass is 10.0. The van der Waals surface area contributed by atoms with Crippen molar-refractivity contribution in [3.05, 3.63) is 29.8 Å². The van der Waals surface area contributed by atoms with E-state index in [4.69, 9.17) is 10.5 Å². The number of benzene rings is 1. The van der Waals surface area contributed by atoms with E-state index in [2.05, 4.69) is 26.6 Å². The quantitative estimate of drug-likeness (QED) is 0.200. The second-order valence-corrected chi connectivity index (χ2v) is 10.9. The molecular formula is C28H43N7O7. The zero-order valence-corrected chi connectivity index (χ0v) is 24.8. The Labute approximate surface area is 245 Å². The first-order chi connectivity index (χ1) is 19.8. The van der Waals surface area contributed by atoms with E-state index >= 15 is 0 Å². The third-order valence-corrected chi connectivity index (χ3v) is 6.41. The molecule has 0 aromatic heterocycles. The number of amides is 6. The zero-order valence-electron chi connectivity index (χ0n) is 24.8. The molecule has 1 aromatic rings. The Hall–Kier alpha value is -4.20. The number of nitrogens with zero attached hydrogens (tertiary/aromatic N) is 1. The minimum atomic E-state index is -1.42. The summed E-state index contributed by atoms with van der Waals surface area (Å²) in [7, 11) is 3.79. The number of primary amides is 1. The monoisotopic (exact) mass is 589 g/mol. The van der Waals surface area contributed by atoms with Crippen LogP contribution < -0.4 is 37.1 Å². The van der Waals surface area contributed by atoms with Gasteiger partial charge in [0.25, 0.3) is 5.91 Å². The van der Waals surface area contributed by atoms with Crippen LogP contribution in [-0.2, 0) is 24.0 Å². The van der Waals surface area contributed by atoms with E-state index in [-0.39, 0.29) is 23.8 Å². The van der Waals surface area contributed by atoms with Crippen LogP contribution in [0.5, 0.6) is 5.75 Å². The lowest BCUT2D eigenvalue weighted by Gasteiger charge is -2.26.